The van der Waals surface area contributed by atoms with Gasteiger partial charge in [0.05, 0.1) is 10.6 Å². The van der Waals surface area contributed by atoms with Crippen LogP contribution in [-0.4, -0.2) is 28.3 Å². The normalized spacial score (nSPS) is 14.6. The lowest BCUT2D eigenvalue weighted by molar-refractivity contribution is -0.129. The van der Waals surface area contributed by atoms with Gasteiger partial charge in [0.2, 0.25) is 5.90 Å². The third-order valence-electron chi connectivity index (χ3n) is 4.74. The molecular formula is C24H15F2N3O3S. The van der Waals surface area contributed by atoms with Crippen molar-refractivity contribution in [3.05, 3.63) is 95.1 Å². The van der Waals surface area contributed by atoms with Crippen LogP contribution >= 0.6 is 11.3 Å². The van der Waals surface area contributed by atoms with Crippen LogP contribution < -0.4 is 4.74 Å². The van der Waals surface area contributed by atoms with Gasteiger partial charge in [0.25, 0.3) is 0 Å². The fourth-order valence-corrected chi connectivity index (χ4v) is 4.03. The van der Waals surface area contributed by atoms with Gasteiger partial charge in [0, 0.05) is 17.3 Å². The van der Waals surface area contributed by atoms with Gasteiger partial charge in [-0.2, -0.15) is 13.9 Å². The van der Waals surface area contributed by atoms with E-state index >= 15 is 0 Å². The van der Waals surface area contributed by atoms with E-state index in [0.29, 0.717) is 16.8 Å². The maximum atomic E-state index is 12.5. The lowest BCUT2D eigenvalue weighted by Gasteiger charge is -2.05. The van der Waals surface area contributed by atoms with Crippen molar-refractivity contribution < 1.29 is 23.0 Å². The molecule has 0 amide bonds. The van der Waals surface area contributed by atoms with Gasteiger partial charge in [-0.15, -0.1) is 11.3 Å². The zero-order chi connectivity index (χ0) is 22.8. The molecule has 33 heavy (non-hydrogen) atoms. The third kappa shape index (κ3) is 4.44. The second-order valence-electron chi connectivity index (χ2n) is 6.93. The molecule has 0 N–H and O–H groups in total. The smallest absolute Gasteiger partial charge is 0.387 e. The predicted octanol–water partition coefficient (Wildman–Crippen LogP) is 5.55. The molecule has 4 aromatic rings. The summed E-state index contributed by atoms with van der Waals surface area (Å²) >= 11 is 1.53. The van der Waals surface area contributed by atoms with E-state index in [2.05, 4.69) is 9.73 Å². The molecule has 5 rings (SSSR count). The zero-order valence-corrected chi connectivity index (χ0v) is 17.7. The number of carbonyl (C=O) groups is 1. The molecule has 0 saturated carbocycles. The number of hydrogen-bond acceptors (Lipinski definition) is 6. The molecular weight excluding hydrogens is 448 g/mol. The van der Waals surface area contributed by atoms with Crippen LogP contribution in [0.15, 0.2) is 89.0 Å². The number of carbonyl (C=O) groups excluding carboxylic acids is 1. The van der Waals surface area contributed by atoms with Crippen molar-refractivity contribution >= 4 is 29.3 Å². The first-order valence-corrected chi connectivity index (χ1v) is 10.7. The Hall–Kier alpha value is -4.11. The van der Waals surface area contributed by atoms with Gasteiger partial charge in [-0.3, -0.25) is 0 Å². The Morgan fingerprint density at radius 1 is 1.06 bits per heavy atom. The van der Waals surface area contributed by atoms with E-state index in [1.54, 1.807) is 16.8 Å². The van der Waals surface area contributed by atoms with Gasteiger partial charge in [-0.05, 0) is 47.9 Å². The molecule has 1 aliphatic heterocycles. The van der Waals surface area contributed by atoms with Crippen LogP contribution in [0.4, 0.5) is 8.78 Å². The lowest BCUT2D eigenvalue weighted by atomic mass is 10.2. The molecule has 3 heterocycles. The molecule has 0 unspecified atom stereocenters. The number of halogens is 2. The zero-order valence-electron chi connectivity index (χ0n) is 16.9. The topological polar surface area (TPSA) is 65.7 Å². The summed E-state index contributed by atoms with van der Waals surface area (Å²) in [6, 6.07) is 19.3. The number of cyclic esters (lactones) is 1. The maximum Gasteiger partial charge on any atom is 0.387 e. The van der Waals surface area contributed by atoms with Crippen molar-refractivity contribution in [1.29, 1.82) is 0 Å². The van der Waals surface area contributed by atoms with Gasteiger partial charge in [0.15, 0.2) is 5.70 Å². The van der Waals surface area contributed by atoms with E-state index < -0.39 is 12.6 Å². The minimum Gasteiger partial charge on any atom is -0.435 e. The summed E-state index contributed by atoms with van der Waals surface area (Å²) in [6.07, 6.45) is 3.42. The quantitative estimate of drug-likeness (QED) is 0.278. The molecule has 0 spiro atoms. The number of nitrogens with zero attached hydrogens (tertiary/aromatic N) is 3. The Balaban J connectivity index is 1.53. The third-order valence-corrected chi connectivity index (χ3v) is 5.61. The lowest BCUT2D eigenvalue weighted by Crippen LogP contribution is -2.07. The SMILES string of the molecule is O=C1OC(c2cccc(OC(F)F)c2)=NC1=Cc1cn(-c2ccccc2)nc1-c1cccs1. The Bertz CT molecular complexity index is 1360. The number of aromatic nitrogens is 2. The van der Waals surface area contributed by atoms with Gasteiger partial charge in [-0.1, -0.05) is 30.3 Å². The number of rotatable bonds is 6. The molecule has 0 atom stereocenters. The molecule has 2 aromatic heterocycles. The summed E-state index contributed by atoms with van der Waals surface area (Å²) in [7, 11) is 0. The average molecular weight is 463 g/mol. The van der Waals surface area contributed by atoms with Gasteiger partial charge >= 0.3 is 12.6 Å². The minimum absolute atomic E-state index is 0.0130. The van der Waals surface area contributed by atoms with Crippen molar-refractivity contribution in [2.75, 3.05) is 0 Å². The van der Waals surface area contributed by atoms with Crippen LogP contribution in [0.3, 0.4) is 0 Å². The number of para-hydroxylation sites is 1. The van der Waals surface area contributed by atoms with Gasteiger partial charge in [-0.25, -0.2) is 14.5 Å². The van der Waals surface area contributed by atoms with Crippen molar-refractivity contribution in [3.8, 4) is 22.0 Å². The van der Waals surface area contributed by atoms with Crippen LogP contribution in [0.25, 0.3) is 22.3 Å². The Morgan fingerprint density at radius 2 is 1.91 bits per heavy atom. The fourth-order valence-electron chi connectivity index (χ4n) is 3.30. The summed E-state index contributed by atoms with van der Waals surface area (Å²) in [5.41, 5.74) is 2.69. The second kappa shape index (κ2) is 8.79. The Kier molecular flexibility index (Phi) is 5.54. The first-order chi connectivity index (χ1) is 16.1. The van der Waals surface area contributed by atoms with Crippen LogP contribution in [0.2, 0.25) is 0 Å². The highest BCUT2D eigenvalue weighted by Crippen LogP contribution is 2.30. The molecule has 9 heteroatoms. The number of thiophene rings is 1. The van der Waals surface area contributed by atoms with Crippen molar-refractivity contribution in [2.24, 2.45) is 4.99 Å². The monoisotopic (exact) mass is 463 g/mol. The van der Waals surface area contributed by atoms with Gasteiger partial charge < -0.3 is 9.47 Å². The predicted molar refractivity (Wildman–Crippen MR) is 121 cm³/mol. The minimum atomic E-state index is -2.96. The number of hydrogen-bond donors (Lipinski definition) is 0. The molecule has 0 fully saturated rings. The molecule has 0 radical (unpaired) electrons. The van der Waals surface area contributed by atoms with Crippen LogP contribution in [0, 0.1) is 0 Å². The Labute approximate surface area is 191 Å². The largest absolute Gasteiger partial charge is 0.435 e. The Morgan fingerprint density at radius 3 is 2.67 bits per heavy atom. The fraction of sp³-hybridized carbons (Fsp3) is 0.0417. The molecule has 0 aliphatic carbocycles. The first-order valence-electron chi connectivity index (χ1n) is 9.83. The highest BCUT2D eigenvalue weighted by Gasteiger charge is 2.26. The molecule has 0 saturated heterocycles. The second-order valence-corrected chi connectivity index (χ2v) is 7.88. The van der Waals surface area contributed by atoms with Crippen LogP contribution in [-0.2, 0) is 9.53 Å². The summed E-state index contributed by atoms with van der Waals surface area (Å²) in [6.45, 7) is -2.96. The average Bonchev–Trinajstić information content (AvgIpc) is 3.55. The molecule has 164 valence electrons. The van der Waals surface area contributed by atoms with E-state index in [1.807, 2.05) is 54.0 Å². The molecule has 2 aromatic carbocycles. The standard InChI is InChI=1S/C24H15F2N3O3S/c25-24(26)31-18-9-4-6-15(12-18)22-27-19(23(30)32-22)13-16-14-29(17-7-2-1-3-8-17)28-21(16)20-10-5-11-33-20/h1-14,24H. The number of benzene rings is 2. The van der Waals surface area contributed by atoms with Crippen LogP contribution in [0.5, 0.6) is 5.75 Å². The van der Waals surface area contributed by atoms with E-state index in [4.69, 9.17) is 9.84 Å². The highest BCUT2D eigenvalue weighted by atomic mass is 32.1. The van der Waals surface area contributed by atoms with Gasteiger partial charge in [0.1, 0.15) is 11.4 Å². The van der Waals surface area contributed by atoms with E-state index in [1.165, 1.54) is 29.5 Å². The maximum absolute atomic E-state index is 12.5. The molecule has 0 bridgehead atoms. The number of esters is 1. The van der Waals surface area contributed by atoms with Crippen molar-refractivity contribution in [3.63, 3.8) is 0 Å². The highest BCUT2D eigenvalue weighted by molar-refractivity contribution is 7.13. The number of aliphatic imine (C=N–C) groups is 1. The van der Waals surface area contributed by atoms with Crippen LogP contribution in [0.1, 0.15) is 11.1 Å². The molecule has 1 aliphatic rings. The van der Waals surface area contributed by atoms with E-state index in [0.717, 1.165) is 10.6 Å². The number of alkyl halides is 2. The summed E-state index contributed by atoms with van der Waals surface area (Å²) < 4.78 is 36.5. The van der Waals surface area contributed by atoms with E-state index in [9.17, 15) is 13.6 Å². The number of ether oxygens (including phenoxy) is 2. The first kappa shape index (κ1) is 20.8. The summed E-state index contributed by atoms with van der Waals surface area (Å²) in [5.74, 6) is -0.684. The summed E-state index contributed by atoms with van der Waals surface area (Å²) in [4.78, 5) is 17.7. The van der Waals surface area contributed by atoms with Crippen molar-refractivity contribution in [1.82, 2.24) is 9.78 Å². The van der Waals surface area contributed by atoms with E-state index in [-0.39, 0.29) is 17.3 Å². The van der Waals surface area contributed by atoms with Crippen molar-refractivity contribution in [2.45, 2.75) is 6.61 Å². The summed E-state index contributed by atoms with van der Waals surface area (Å²) in [5, 5.41) is 6.65. The molecule has 6 nitrogen and oxygen atoms in total.